The van der Waals surface area contributed by atoms with Gasteiger partial charge in [-0.2, -0.15) is 0 Å². The summed E-state index contributed by atoms with van der Waals surface area (Å²) >= 11 is 0. The molecule has 1 atom stereocenters. The van der Waals surface area contributed by atoms with Gasteiger partial charge in [-0.3, -0.25) is 4.79 Å². The summed E-state index contributed by atoms with van der Waals surface area (Å²) in [5, 5.41) is 3.10. The lowest BCUT2D eigenvalue weighted by molar-refractivity contribution is -0.120. The van der Waals surface area contributed by atoms with Crippen molar-refractivity contribution in [3.8, 4) is 0 Å². The minimum absolute atomic E-state index is 0.178. The standard InChI is InChI=1S/C9H16N2O/c1-7-4-5-10-8(9(7)12)6-11(2)3/h6-7,10H,4-5H2,1-3H3/b8-6+. The van der Waals surface area contributed by atoms with E-state index < -0.39 is 0 Å². The van der Waals surface area contributed by atoms with Gasteiger partial charge in [0.1, 0.15) is 0 Å². The van der Waals surface area contributed by atoms with Crippen molar-refractivity contribution < 1.29 is 4.79 Å². The van der Waals surface area contributed by atoms with E-state index in [0.29, 0.717) is 0 Å². The Balaban J connectivity index is 2.70. The third kappa shape index (κ3) is 2.00. The van der Waals surface area contributed by atoms with Crippen LogP contribution in [0.3, 0.4) is 0 Å². The zero-order valence-corrected chi connectivity index (χ0v) is 7.92. The maximum atomic E-state index is 11.5. The lowest BCUT2D eigenvalue weighted by Gasteiger charge is -2.22. The van der Waals surface area contributed by atoms with E-state index in [1.165, 1.54) is 0 Å². The number of allylic oxidation sites excluding steroid dienone is 1. The summed E-state index contributed by atoms with van der Waals surface area (Å²) < 4.78 is 0. The molecule has 0 amide bonds. The lowest BCUT2D eigenvalue weighted by Crippen LogP contribution is -2.34. The van der Waals surface area contributed by atoms with Crippen LogP contribution in [0.15, 0.2) is 11.9 Å². The molecule has 1 aliphatic heterocycles. The fourth-order valence-corrected chi connectivity index (χ4v) is 1.27. The summed E-state index contributed by atoms with van der Waals surface area (Å²) in [6, 6.07) is 0. The number of carbonyl (C=O) groups is 1. The van der Waals surface area contributed by atoms with Crippen molar-refractivity contribution in [2.75, 3.05) is 20.6 Å². The number of nitrogens with one attached hydrogen (secondary N) is 1. The number of hydrogen-bond donors (Lipinski definition) is 1. The molecule has 0 spiro atoms. The Labute approximate surface area is 73.4 Å². The number of rotatable bonds is 1. The molecule has 1 aliphatic rings. The molecule has 3 heteroatoms. The molecule has 1 rings (SSSR count). The summed E-state index contributed by atoms with van der Waals surface area (Å²) in [5.41, 5.74) is 0.749. The first kappa shape index (κ1) is 9.10. The van der Waals surface area contributed by atoms with Gasteiger partial charge in [-0.25, -0.2) is 0 Å². The topological polar surface area (TPSA) is 32.3 Å². The molecule has 0 aliphatic carbocycles. The van der Waals surface area contributed by atoms with E-state index in [2.05, 4.69) is 5.32 Å². The Kier molecular flexibility index (Phi) is 2.74. The number of piperidine rings is 1. The van der Waals surface area contributed by atoms with E-state index >= 15 is 0 Å². The summed E-state index contributed by atoms with van der Waals surface area (Å²) in [7, 11) is 3.84. The molecule has 0 aromatic heterocycles. The third-order valence-electron chi connectivity index (χ3n) is 1.99. The maximum absolute atomic E-state index is 11.5. The molecule has 0 radical (unpaired) electrons. The molecular formula is C9H16N2O. The number of nitrogens with zero attached hydrogens (tertiary/aromatic N) is 1. The summed E-state index contributed by atoms with van der Waals surface area (Å²) in [6.07, 6.45) is 2.79. The van der Waals surface area contributed by atoms with Gasteiger partial charge < -0.3 is 10.2 Å². The first-order chi connectivity index (χ1) is 5.61. The molecule has 1 unspecified atom stereocenters. The second-order valence-electron chi connectivity index (χ2n) is 3.49. The summed E-state index contributed by atoms with van der Waals surface area (Å²) in [5.74, 6) is 0.410. The van der Waals surface area contributed by atoms with Gasteiger partial charge in [-0.15, -0.1) is 0 Å². The van der Waals surface area contributed by atoms with Crippen LogP contribution in [0.2, 0.25) is 0 Å². The number of Topliss-reactive ketones (excluding diaryl/α,β-unsaturated/α-hetero) is 1. The maximum Gasteiger partial charge on any atom is 0.183 e. The molecule has 0 aromatic carbocycles. The molecule has 3 nitrogen and oxygen atoms in total. The van der Waals surface area contributed by atoms with Crippen LogP contribution in [0.25, 0.3) is 0 Å². The average molecular weight is 168 g/mol. The van der Waals surface area contributed by atoms with Crippen LogP contribution in [0.5, 0.6) is 0 Å². The number of carbonyl (C=O) groups excluding carboxylic acids is 1. The lowest BCUT2D eigenvalue weighted by atomic mass is 9.97. The van der Waals surface area contributed by atoms with Gasteiger partial charge in [0.05, 0.1) is 5.70 Å². The monoisotopic (exact) mass is 168 g/mol. The third-order valence-corrected chi connectivity index (χ3v) is 1.99. The zero-order valence-electron chi connectivity index (χ0n) is 7.92. The molecule has 0 bridgehead atoms. The van der Waals surface area contributed by atoms with Gasteiger partial charge >= 0.3 is 0 Å². The van der Waals surface area contributed by atoms with Gasteiger partial charge in [-0.1, -0.05) is 6.92 Å². The molecule has 0 saturated carbocycles. The quantitative estimate of drug-likeness (QED) is 0.581. The van der Waals surface area contributed by atoms with Crippen LogP contribution < -0.4 is 5.32 Å². The minimum atomic E-state index is 0.178. The number of hydrogen-bond acceptors (Lipinski definition) is 3. The highest BCUT2D eigenvalue weighted by atomic mass is 16.1. The van der Waals surface area contributed by atoms with Gasteiger partial charge in [0.25, 0.3) is 0 Å². The molecule has 12 heavy (non-hydrogen) atoms. The zero-order chi connectivity index (χ0) is 9.14. The number of ketones is 1. The van der Waals surface area contributed by atoms with E-state index in [4.69, 9.17) is 0 Å². The van der Waals surface area contributed by atoms with Crippen LogP contribution in [-0.2, 0) is 4.79 Å². The highest BCUT2D eigenvalue weighted by Crippen LogP contribution is 2.13. The minimum Gasteiger partial charge on any atom is -0.382 e. The van der Waals surface area contributed by atoms with Crippen LogP contribution in [0.1, 0.15) is 13.3 Å². The predicted molar refractivity (Wildman–Crippen MR) is 48.6 cm³/mol. The SMILES string of the molecule is CC1CCN/C(=C/N(C)C)C1=O. The van der Waals surface area contributed by atoms with Crippen molar-refractivity contribution in [1.82, 2.24) is 10.2 Å². The molecule has 1 N–H and O–H groups in total. The van der Waals surface area contributed by atoms with E-state index in [-0.39, 0.29) is 11.7 Å². The molecule has 1 fully saturated rings. The fraction of sp³-hybridized carbons (Fsp3) is 0.667. The average Bonchev–Trinajstić information content (AvgIpc) is 1.98. The summed E-state index contributed by atoms with van der Waals surface area (Å²) in [4.78, 5) is 13.4. The fourth-order valence-electron chi connectivity index (χ4n) is 1.27. The van der Waals surface area contributed by atoms with E-state index in [0.717, 1.165) is 18.7 Å². The molecule has 0 aromatic rings. The Morgan fingerprint density at radius 1 is 1.58 bits per heavy atom. The molecule has 1 saturated heterocycles. The highest BCUT2D eigenvalue weighted by Gasteiger charge is 2.21. The van der Waals surface area contributed by atoms with Crippen molar-refractivity contribution >= 4 is 5.78 Å². The van der Waals surface area contributed by atoms with Gasteiger partial charge in [-0.05, 0) is 6.42 Å². The van der Waals surface area contributed by atoms with Crippen LogP contribution >= 0.6 is 0 Å². The first-order valence-electron chi connectivity index (χ1n) is 4.27. The van der Waals surface area contributed by atoms with Crippen molar-refractivity contribution in [2.45, 2.75) is 13.3 Å². The van der Waals surface area contributed by atoms with E-state index in [9.17, 15) is 4.79 Å². The Morgan fingerprint density at radius 2 is 2.25 bits per heavy atom. The summed E-state index contributed by atoms with van der Waals surface area (Å²) in [6.45, 7) is 2.89. The largest absolute Gasteiger partial charge is 0.382 e. The Morgan fingerprint density at radius 3 is 2.83 bits per heavy atom. The Hall–Kier alpha value is -0.990. The van der Waals surface area contributed by atoms with E-state index in [1.54, 1.807) is 0 Å². The van der Waals surface area contributed by atoms with Crippen LogP contribution in [0.4, 0.5) is 0 Å². The molecule has 1 heterocycles. The highest BCUT2D eigenvalue weighted by molar-refractivity contribution is 5.96. The van der Waals surface area contributed by atoms with Crippen molar-refractivity contribution in [2.24, 2.45) is 5.92 Å². The smallest absolute Gasteiger partial charge is 0.183 e. The van der Waals surface area contributed by atoms with Crippen molar-refractivity contribution in [3.05, 3.63) is 11.9 Å². The van der Waals surface area contributed by atoms with Gasteiger partial charge in [0.15, 0.2) is 5.78 Å². The molecule has 68 valence electrons. The van der Waals surface area contributed by atoms with Crippen LogP contribution in [-0.4, -0.2) is 31.3 Å². The second kappa shape index (κ2) is 3.61. The predicted octanol–water partition coefficient (Wildman–Crippen LogP) is 0.588. The second-order valence-corrected chi connectivity index (χ2v) is 3.49. The normalized spacial score (nSPS) is 27.1. The molecular weight excluding hydrogens is 152 g/mol. The van der Waals surface area contributed by atoms with Crippen molar-refractivity contribution in [1.29, 1.82) is 0 Å². The van der Waals surface area contributed by atoms with E-state index in [1.807, 2.05) is 32.1 Å². The first-order valence-corrected chi connectivity index (χ1v) is 4.27. The van der Waals surface area contributed by atoms with Crippen molar-refractivity contribution in [3.63, 3.8) is 0 Å². The van der Waals surface area contributed by atoms with Gasteiger partial charge in [0.2, 0.25) is 0 Å². The Bertz CT molecular complexity index is 209. The van der Waals surface area contributed by atoms with Crippen LogP contribution in [0, 0.1) is 5.92 Å². The van der Waals surface area contributed by atoms with Gasteiger partial charge in [0, 0.05) is 32.8 Å².